The molecule has 3 rings (SSSR count). The Morgan fingerprint density at radius 3 is 2.58 bits per heavy atom. The van der Waals surface area contributed by atoms with E-state index in [4.69, 9.17) is 4.74 Å². The maximum atomic E-state index is 12.7. The van der Waals surface area contributed by atoms with Crippen LogP contribution in [0.5, 0.6) is 5.75 Å². The minimum absolute atomic E-state index is 0.0361. The van der Waals surface area contributed by atoms with Crippen LogP contribution in [-0.4, -0.2) is 18.4 Å². The standard InChI is InChI=1S/C22H25NO3/c1-4-16(3)19-7-5-6-8-20(19)26-22(25)17-13-21(24)23(14-17)18-11-9-15(2)10-12-18/h5-12,16-17H,4,13-14H2,1-3H3/t16-,17-/m0/s1. The average Bonchev–Trinajstić information content (AvgIpc) is 3.04. The van der Waals surface area contributed by atoms with Crippen molar-refractivity contribution in [2.24, 2.45) is 5.92 Å². The van der Waals surface area contributed by atoms with Gasteiger partial charge in [0.2, 0.25) is 5.91 Å². The van der Waals surface area contributed by atoms with Crippen LogP contribution in [-0.2, 0) is 9.59 Å². The van der Waals surface area contributed by atoms with Crippen LogP contribution < -0.4 is 9.64 Å². The molecule has 0 aliphatic carbocycles. The maximum absolute atomic E-state index is 12.7. The molecule has 26 heavy (non-hydrogen) atoms. The van der Waals surface area contributed by atoms with Gasteiger partial charge < -0.3 is 9.64 Å². The fraction of sp³-hybridized carbons (Fsp3) is 0.364. The molecule has 2 aromatic rings. The van der Waals surface area contributed by atoms with E-state index >= 15 is 0 Å². The van der Waals surface area contributed by atoms with Gasteiger partial charge >= 0.3 is 5.97 Å². The van der Waals surface area contributed by atoms with E-state index in [0.29, 0.717) is 18.2 Å². The minimum Gasteiger partial charge on any atom is -0.426 e. The number of hydrogen-bond acceptors (Lipinski definition) is 3. The Labute approximate surface area is 154 Å². The number of benzene rings is 2. The predicted octanol–water partition coefficient (Wildman–Crippen LogP) is 4.47. The summed E-state index contributed by atoms with van der Waals surface area (Å²) in [5.74, 6) is 0.116. The summed E-state index contributed by atoms with van der Waals surface area (Å²) in [4.78, 5) is 26.7. The number of amides is 1. The van der Waals surface area contributed by atoms with Crippen molar-refractivity contribution in [1.29, 1.82) is 0 Å². The first-order valence-electron chi connectivity index (χ1n) is 9.17. The van der Waals surface area contributed by atoms with Gasteiger partial charge in [-0.15, -0.1) is 0 Å². The average molecular weight is 351 g/mol. The zero-order valence-corrected chi connectivity index (χ0v) is 15.6. The van der Waals surface area contributed by atoms with Crippen molar-refractivity contribution < 1.29 is 14.3 Å². The maximum Gasteiger partial charge on any atom is 0.316 e. The molecule has 1 heterocycles. The number of rotatable bonds is 5. The zero-order chi connectivity index (χ0) is 18.7. The Kier molecular flexibility index (Phi) is 5.40. The Balaban J connectivity index is 1.72. The lowest BCUT2D eigenvalue weighted by molar-refractivity contribution is -0.139. The molecule has 0 N–H and O–H groups in total. The third kappa shape index (κ3) is 3.79. The first-order valence-corrected chi connectivity index (χ1v) is 9.17. The zero-order valence-electron chi connectivity index (χ0n) is 15.6. The molecule has 1 saturated heterocycles. The Bertz CT molecular complexity index is 797. The summed E-state index contributed by atoms with van der Waals surface area (Å²) in [5.41, 5.74) is 3.00. The van der Waals surface area contributed by atoms with Crippen LogP contribution in [0.3, 0.4) is 0 Å². The van der Waals surface area contributed by atoms with Gasteiger partial charge in [-0.05, 0) is 43.0 Å². The van der Waals surface area contributed by atoms with Crippen molar-refractivity contribution >= 4 is 17.6 Å². The number of hydrogen-bond donors (Lipinski definition) is 0. The SMILES string of the molecule is CC[C@H](C)c1ccccc1OC(=O)[C@H]1CC(=O)N(c2ccc(C)cc2)C1. The smallest absolute Gasteiger partial charge is 0.316 e. The van der Waals surface area contributed by atoms with E-state index in [1.807, 2.05) is 55.5 Å². The van der Waals surface area contributed by atoms with Crippen molar-refractivity contribution in [2.75, 3.05) is 11.4 Å². The van der Waals surface area contributed by atoms with Crippen molar-refractivity contribution in [3.63, 3.8) is 0 Å². The molecule has 1 fully saturated rings. The van der Waals surface area contributed by atoms with Gasteiger partial charge in [-0.25, -0.2) is 0 Å². The highest BCUT2D eigenvalue weighted by Gasteiger charge is 2.36. The van der Waals surface area contributed by atoms with Crippen molar-refractivity contribution in [3.8, 4) is 5.75 Å². The molecule has 4 nitrogen and oxygen atoms in total. The molecule has 0 unspecified atom stereocenters. The van der Waals surface area contributed by atoms with Gasteiger partial charge in [-0.3, -0.25) is 9.59 Å². The number of anilines is 1. The second kappa shape index (κ2) is 7.73. The lowest BCUT2D eigenvalue weighted by Crippen LogP contribution is -2.27. The Hall–Kier alpha value is -2.62. The normalized spacial score (nSPS) is 18.0. The third-order valence-corrected chi connectivity index (χ3v) is 5.08. The first-order chi connectivity index (χ1) is 12.5. The van der Waals surface area contributed by atoms with Gasteiger partial charge in [0.1, 0.15) is 5.75 Å². The van der Waals surface area contributed by atoms with Gasteiger partial charge in [-0.2, -0.15) is 0 Å². The van der Waals surface area contributed by atoms with E-state index in [-0.39, 0.29) is 18.3 Å². The molecule has 0 aromatic heterocycles. The quantitative estimate of drug-likeness (QED) is 0.590. The van der Waals surface area contributed by atoms with E-state index in [1.165, 1.54) is 0 Å². The molecule has 0 saturated carbocycles. The van der Waals surface area contributed by atoms with Crippen LogP contribution in [0.2, 0.25) is 0 Å². The van der Waals surface area contributed by atoms with E-state index in [2.05, 4.69) is 13.8 Å². The molecule has 1 amide bonds. The Morgan fingerprint density at radius 2 is 1.88 bits per heavy atom. The lowest BCUT2D eigenvalue weighted by atomic mass is 9.98. The highest BCUT2D eigenvalue weighted by molar-refractivity contribution is 5.99. The molecular weight excluding hydrogens is 326 g/mol. The summed E-state index contributed by atoms with van der Waals surface area (Å²) in [6.07, 6.45) is 1.16. The van der Waals surface area contributed by atoms with E-state index in [9.17, 15) is 9.59 Å². The van der Waals surface area contributed by atoms with Gasteiger partial charge in [0.25, 0.3) is 0 Å². The Morgan fingerprint density at radius 1 is 1.19 bits per heavy atom. The van der Waals surface area contributed by atoms with Crippen LogP contribution in [0.25, 0.3) is 0 Å². The fourth-order valence-electron chi connectivity index (χ4n) is 3.23. The lowest BCUT2D eigenvalue weighted by Gasteiger charge is -2.18. The molecular formula is C22H25NO3. The van der Waals surface area contributed by atoms with Gasteiger partial charge in [0.15, 0.2) is 0 Å². The van der Waals surface area contributed by atoms with Crippen molar-refractivity contribution in [2.45, 2.75) is 39.5 Å². The monoisotopic (exact) mass is 351 g/mol. The first kappa shape index (κ1) is 18.2. The number of esters is 1. The number of ether oxygens (including phenoxy) is 1. The van der Waals surface area contributed by atoms with Crippen LogP contribution in [0.1, 0.15) is 43.7 Å². The van der Waals surface area contributed by atoms with E-state index in [1.54, 1.807) is 4.90 Å². The van der Waals surface area contributed by atoms with Crippen LogP contribution in [0, 0.1) is 12.8 Å². The van der Waals surface area contributed by atoms with E-state index < -0.39 is 5.92 Å². The topological polar surface area (TPSA) is 46.6 Å². The predicted molar refractivity (Wildman–Crippen MR) is 102 cm³/mol. The summed E-state index contributed by atoms with van der Waals surface area (Å²) < 4.78 is 5.69. The van der Waals surface area contributed by atoms with Crippen molar-refractivity contribution in [3.05, 3.63) is 59.7 Å². The molecule has 0 radical (unpaired) electrons. The summed E-state index contributed by atoms with van der Waals surface area (Å²) in [7, 11) is 0. The second-order valence-corrected chi connectivity index (χ2v) is 7.01. The van der Waals surface area contributed by atoms with Crippen LogP contribution in [0.4, 0.5) is 5.69 Å². The second-order valence-electron chi connectivity index (χ2n) is 7.01. The molecule has 1 aliphatic rings. The molecule has 4 heteroatoms. The summed E-state index contributed by atoms with van der Waals surface area (Å²) in [6.45, 7) is 6.60. The number of para-hydroxylation sites is 1. The highest BCUT2D eigenvalue weighted by Crippen LogP contribution is 2.31. The summed E-state index contributed by atoms with van der Waals surface area (Å²) in [6, 6.07) is 15.4. The molecule has 2 atom stereocenters. The number of carbonyl (C=O) groups excluding carboxylic acids is 2. The van der Waals surface area contributed by atoms with Crippen LogP contribution >= 0.6 is 0 Å². The molecule has 2 aromatic carbocycles. The van der Waals surface area contributed by atoms with Crippen LogP contribution in [0.15, 0.2) is 48.5 Å². The molecule has 0 spiro atoms. The van der Waals surface area contributed by atoms with E-state index in [0.717, 1.165) is 23.2 Å². The molecule has 0 bridgehead atoms. The largest absolute Gasteiger partial charge is 0.426 e. The third-order valence-electron chi connectivity index (χ3n) is 5.08. The number of aryl methyl sites for hydroxylation is 1. The number of nitrogens with zero attached hydrogens (tertiary/aromatic N) is 1. The van der Waals surface area contributed by atoms with Crippen molar-refractivity contribution in [1.82, 2.24) is 0 Å². The summed E-state index contributed by atoms with van der Waals surface area (Å²) >= 11 is 0. The fourth-order valence-corrected chi connectivity index (χ4v) is 3.23. The number of carbonyl (C=O) groups is 2. The summed E-state index contributed by atoms with van der Waals surface area (Å²) in [5, 5.41) is 0. The van der Waals surface area contributed by atoms with Gasteiger partial charge in [0, 0.05) is 18.7 Å². The highest BCUT2D eigenvalue weighted by atomic mass is 16.5. The van der Waals surface area contributed by atoms with Gasteiger partial charge in [0.05, 0.1) is 5.92 Å². The minimum atomic E-state index is -0.436. The molecule has 1 aliphatic heterocycles. The van der Waals surface area contributed by atoms with Gasteiger partial charge in [-0.1, -0.05) is 49.7 Å². The molecule has 136 valence electrons.